The Labute approximate surface area is 159 Å². The van der Waals surface area contributed by atoms with Crippen LogP contribution in [-0.4, -0.2) is 40.4 Å². The van der Waals surface area contributed by atoms with Crippen LogP contribution in [0.3, 0.4) is 0 Å². The van der Waals surface area contributed by atoms with Gasteiger partial charge in [0, 0.05) is 44.6 Å². The van der Waals surface area contributed by atoms with Gasteiger partial charge in [0.15, 0.2) is 0 Å². The largest absolute Gasteiger partial charge is 0.342 e. The summed E-state index contributed by atoms with van der Waals surface area (Å²) in [6.45, 7) is 5.31. The molecule has 2 saturated heterocycles. The van der Waals surface area contributed by atoms with Crippen molar-refractivity contribution in [1.29, 1.82) is 0 Å². The van der Waals surface area contributed by atoms with Gasteiger partial charge in [-0.15, -0.1) is 0 Å². The quantitative estimate of drug-likeness (QED) is 0.903. The lowest BCUT2D eigenvalue weighted by atomic mass is 9.99. The van der Waals surface area contributed by atoms with Crippen LogP contribution in [0.15, 0.2) is 41.2 Å². The number of piperidine rings is 1. The van der Waals surface area contributed by atoms with Gasteiger partial charge in [-0.1, -0.05) is 37.3 Å². The zero-order valence-electron chi connectivity index (χ0n) is 15.7. The lowest BCUT2D eigenvalue weighted by Gasteiger charge is -2.30. The number of aromatic nitrogens is 2. The van der Waals surface area contributed by atoms with E-state index in [1.54, 1.807) is 6.07 Å². The van der Waals surface area contributed by atoms with Gasteiger partial charge in [0.1, 0.15) is 0 Å². The number of aromatic amines is 1. The van der Waals surface area contributed by atoms with E-state index < -0.39 is 0 Å². The molecule has 2 fully saturated rings. The first kappa shape index (κ1) is 17.8. The Morgan fingerprint density at radius 3 is 2.63 bits per heavy atom. The summed E-state index contributed by atoms with van der Waals surface area (Å²) >= 11 is 0. The highest BCUT2D eigenvalue weighted by molar-refractivity contribution is 5.79. The van der Waals surface area contributed by atoms with Gasteiger partial charge in [0.25, 0.3) is 5.56 Å². The Morgan fingerprint density at radius 1 is 1.15 bits per heavy atom. The molecule has 0 bridgehead atoms. The molecule has 0 aliphatic carbocycles. The summed E-state index contributed by atoms with van der Waals surface area (Å²) in [4.78, 5) is 36.3. The van der Waals surface area contributed by atoms with Gasteiger partial charge in [-0.3, -0.25) is 14.6 Å². The lowest BCUT2D eigenvalue weighted by molar-refractivity contribution is -0.128. The number of benzene rings is 1. The fourth-order valence-corrected chi connectivity index (χ4v) is 3.97. The Bertz CT molecular complexity index is 856. The van der Waals surface area contributed by atoms with Crippen molar-refractivity contribution in [3.05, 3.63) is 58.0 Å². The molecule has 6 nitrogen and oxygen atoms in total. The molecule has 2 aromatic rings. The van der Waals surface area contributed by atoms with Crippen molar-refractivity contribution >= 4 is 11.9 Å². The van der Waals surface area contributed by atoms with Crippen LogP contribution in [0, 0.1) is 5.92 Å². The number of nitrogens with zero attached hydrogens (tertiary/aromatic N) is 3. The highest BCUT2D eigenvalue weighted by Gasteiger charge is 2.32. The molecule has 0 saturated carbocycles. The molecule has 1 N–H and O–H groups in total. The van der Waals surface area contributed by atoms with E-state index in [-0.39, 0.29) is 17.4 Å². The number of anilines is 1. The number of likely N-dealkylation sites (tertiary alicyclic amines) is 1. The summed E-state index contributed by atoms with van der Waals surface area (Å²) in [6, 6.07) is 11.6. The molecular weight excluding hydrogens is 340 g/mol. The minimum atomic E-state index is -0.136. The van der Waals surface area contributed by atoms with Crippen molar-refractivity contribution in [1.82, 2.24) is 14.9 Å². The molecule has 6 heteroatoms. The van der Waals surface area contributed by atoms with Crippen LogP contribution < -0.4 is 10.5 Å². The van der Waals surface area contributed by atoms with Crippen molar-refractivity contribution in [3.8, 4) is 0 Å². The van der Waals surface area contributed by atoms with Crippen molar-refractivity contribution in [2.45, 2.75) is 38.6 Å². The summed E-state index contributed by atoms with van der Waals surface area (Å²) in [5.74, 6) is 1.47. The smallest absolute Gasteiger partial charge is 0.252 e. The number of amides is 1. The molecule has 3 heterocycles. The van der Waals surface area contributed by atoms with Crippen LogP contribution in [0.2, 0.25) is 0 Å². The minimum absolute atomic E-state index is 0.0222. The maximum Gasteiger partial charge on any atom is 0.252 e. The predicted molar refractivity (Wildman–Crippen MR) is 105 cm³/mol. The maximum atomic E-state index is 12.5. The Morgan fingerprint density at radius 2 is 1.89 bits per heavy atom. The van der Waals surface area contributed by atoms with Crippen molar-refractivity contribution in [2.75, 3.05) is 24.5 Å². The van der Waals surface area contributed by atoms with Crippen molar-refractivity contribution in [3.63, 3.8) is 0 Å². The molecule has 2 aliphatic rings. The maximum absolute atomic E-state index is 12.5. The first-order valence-corrected chi connectivity index (χ1v) is 9.76. The number of carbonyl (C=O) groups excluding carboxylic acids is 1. The van der Waals surface area contributed by atoms with Crippen LogP contribution in [-0.2, 0) is 11.3 Å². The predicted octanol–water partition coefficient (Wildman–Crippen LogP) is 2.52. The van der Waals surface area contributed by atoms with Gasteiger partial charge < -0.3 is 9.80 Å². The number of hydrogen-bond donors (Lipinski definition) is 1. The molecule has 1 amide bonds. The summed E-state index contributed by atoms with van der Waals surface area (Å²) in [6.07, 6.45) is 2.64. The van der Waals surface area contributed by atoms with Crippen LogP contribution >= 0.6 is 0 Å². The van der Waals surface area contributed by atoms with Crippen molar-refractivity contribution < 1.29 is 4.79 Å². The van der Waals surface area contributed by atoms with E-state index in [0.717, 1.165) is 43.1 Å². The second kappa shape index (κ2) is 7.55. The van der Waals surface area contributed by atoms with E-state index in [1.807, 2.05) is 35.2 Å². The molecule has 1 atom stereocenters. The molecule has 27 heavy (non-hydrogen) atoms. The standard InChI is InChI=1S/C21H26N4O2/c1-15-7-9-24(10-8-15)21-22-18(12-19(26)23-21)17-11-20(27)25(14-17)13-16-5-3-2-4-6-16/h2-6,12,15,17H,7-11,13-14H2,1H3,(H,22,23,26)/t17-/m0/s1. The number of nitrogens with one attached hydrogen (secondary N) is 1. The van der Waals surface area contributed by atoms with E-state index in [2.05, 4.69) is 16.8 Å². The van der Waals surface area contributed by atoms with Gasteiger partial charge >= 0.3 is 0 Å². The zero-order valence-corrected chi connectivity index (χ0v) is 15.7. The van der Waals surface area contributed by atoms with Gasteiger partial charge in [-0.25, -0.2) is 4.98 Å². The van der Waals surface area contributed by atoms with Crippen molar-refractivity contribution in [2.24, 2.45) is 5.92 Å². The monoisotopic (exact) mass is 366 g/mol. The topological polar surface area (TPSA) is 69.3 Å². The number of rotatable bonds is 4. The SMILES string of the molecule is CC1CCN(c2nc([C@H]3CC(=O)N(Cc4ccccc4)C3)cc(=O)[nH]2)CC1. The molecule has 0 unspecified atom stereocenters. The van der Waals surface area contributed by atoms with Crippen LogP contribution in [0.1, 0.15) is 43.4 Å². The number of H-pyrrole nitrogens is 1. The van der Waals surface area contributed by atoms with E-state index in [0.29, 0.717) is 25.5 Å². The van der Waals surface area contributed by atoms with Crippen LogP contribution in [0.25, 0.3) is 0 Å². The fourth-order valence-electron chi connectivity index (χ4n) is 3.97. The summed E-state index contributed by atoms with van der Waals surface area (Å²) in [5.41, 5.74) is 1.72. The molecule has 0 radical (unpaired) electrons. The van der Waals surface area contributed by atoms with Crippen LogP contribution in [0.5, 0.6) is 0 Å². The Kier molecular flexibility index (Phi) is 4.97. The normalized spacial score (nSPS) is 21.1. The molecule has 142 valence electrons. The third kappa shape index (κ3) is 4.04. The minimum Gasteiger partial charge on any atom is -0.342 e. The average molecular weight is 366 g/mol. The van der Waals surface area contributed by atoms with Gasteiger partial charge in [0.05, 0.1) is 5.69 Å². The summed E-state index contributed by atoms with van der Waals surface area (Å²) in [5, 5.41) is 0. The highest BCUT2D eigenvalue weighted by atomic mass is 16.2. The summed E-state index contributed by atoms with van der Waals surface area (Å²) in [7, 11) is 0. The molecule has 1 aromatic heterocycles. The van der Waals surface area contributed by atoms with E-state index >= 15 is 0 Å². The number of hydrogen-bond acceptors (Lipinski definition) is 4. The third-order valence-corrected chi connectivity index (χ3v) is 5.68. The summed E-state index contributed by atoms with van der Waals surface area (Å²) < 4.78 is 0. The number of carbonyl (C=O) groups is 1. The van der Waals surface area contributed by atoms with E-state index in [9.17, 15) is 9.59 Å². The van der Waals surface area contributed by atoms with Gasteiger partial charge in [0.2, 0.25) is 11.9 Å². The Hall–Kier alpha value is -2.63. The Balaban J connectivity index is 1.50. The molecule has 1 aromatic carbocycles. The third-order valence-electron chi connectivity index (χ3n) is 5.68. The highest BCUT2D eigenvalue weighted by Crippen LogP contribution is 2.28. The second-order valence-electron chi connectivity index (χ2n) is 7.82. The van der Waals surface area contributed by atoms with Gasteiger partial charge in [-0.2, -0.15) is 0 Å². The molecule has 0 spiro atoms. The average Bonchev–Trinajstić information content (AvgIpc) is 3.03. The fraction of sp³-hybridized carbons (Fsp3) is 0.476. The van der Waals surface area contributed by atoms with Gasteiger partial charge in [-0.05, 0) is 24.3 Å². The molecular formula is C21H26N4O2. The van der Waals surface area contributed by atoms with E-state index in [4.69, 9.17) is 4.98 Å². The molecule has 4 rings (SSSR count). The first-order chi connectivity index (χ1) is 13.1. The molecule has 2 aliphatic heterocycles. The first-order valence-electron chi connectivity index (χ1n) is 9.76. The zero-order chi connectivity index (χ0) is 18.8. The lowest BCUT2D eigenvalue weighted by Crippen LogP contribution is -2.35. The van der Waals surface area contributed by atoms with E-state index in [1.165, 1.54) is 0 Å². The second-order valence-corrected chi connectivity index (χ2v) is 7.82. The van der Waals surface area contributed by atoms with Crippen LogP contribution in [0.4, 0.5) is 5.95 Å².